The summed E-state index contributed by atoms with van der Waals surface area (Å²) in [5, 5.41) is 9.12. The molecule has 4 aromatic rings. The number of likely N-dealkylation sites (tertiary alicyclic amines) is 2. The maximum absolute atomic E-state index is 13.8. The number of oxazole rings is 1. The van der Waals surface area contributed by atoms with Crippen molar-refractivity contribution in [3.63, 3.8) is 0 Å². The van der Waals surface area contributed by atoms with Gasteiger partial charge in [0.25, 0.3) is 0 Å². The van der Waals surface area contributed by atoms with Crippen molar-refractivity contribution in [1.82, 2.24) is 40.7 Å². The summed E-state index contributed by atoms with van der Waals surface area (Å²) in [5.74, 6) is 1.16. The number of ether oxygens (including phenoxy) is 1. The van der Waals surface area contributed by atoms with Gasteiger partial charge in [-0.05, 0) is 104 Å². The molecule has 1 saturated carbocycles. The number of H-pyrrole nitrogens is 1. The van der Waals surface area contributed by atoms with E-state index in [9.17, 15) is 19.2 Å². The van der Waals surface area contributed by atoms with Crippen LogP contribution in [0.4, 0.5) is 4.79 Å². The minimum absolute atomic E-state index is 0.0495. The number of aromatic amines is 1. The first-order valence-electron chi connectivity index (χ1n) is 21.7. The first-order chi connectivity index (χ1) is 29.5. The van der Waals surface area contributed by atoms with E-state index < -0.39 is 18.2 Å². The van der Waals surface area contributed by atoms with Crippen molar-refractivity contribution in [3.05, 3.63) is 65.6 Å². The molecule has 61 heavy (non-hydrogen) atoms. The van der Waals surface area contributed by atoms with Crippen LogP contribution in [0.3, 0.4) is 0 Å². The molecule has 4 aliphatic rings. The lowest BCUT2D eigenvalue weighted by Gasteiger charge is -2.31. The molecule has 4 amide bonds. The molecule has 15 heteroatoms. The largest absolute Gasteiger partial charge is 0.453 e. The van der Waals surface area contributed by atoms with Gasteiger partial charge in [-0.2, -0.15) is 0 Å². The normalized spacial score (nSPS) is 21.9. The summed E-state index contributed by atoms with van der Waals surface area (Å²) >= 11 is 0. The first-order valence-corrected chi connectivity index (χ1v) is 21.7. The second-order valence-corrected chi connectivity index (χ2v) is 17.6. The molecule has 6 unspecified atom stereocenters. The lowest BCUT2D eigenvalue weighted by atomic mass is 9.82. The highest BCUT2D eigenvalue weighted by Gasteiger charge is 2.42. The van der Waals surface area contributed by atoms with E-state index in [4.69, 9.17) is 19.1 Å². The standard InChI is InChI=1S/C46H57N9O6/c1-25(2)39(50-23-56)44(57)55-18-8-10-36(55)43-49-22-35(52-43)33-16-14-31(42-41(33)51-24-61-42)30-13-15-32(38-28-12-11-27(19-28)37(30)38)34(21-47-5)48-20-29-9-7-17-54(29)45(58)40(26(3)4)53-46(59)60-6/h13-16,21-29,36,39-40,48H,5,7-12,17-20H2,1-4,6H3,(H,49,52)(H,50,56)(H,53,59)/b34-21-. The van der Waals surface area contributed by atoms with E-state index in [0.717, 1.165) is 84.1 Å². The SMILES string of the molecule is C=N/C=C(\NCC1CCCN1C(=O)C(NC(=O)OC)C(C)C)c1ccc(-c2ccc(-c3cnc(C4CCCN4C(=O)C(NC=O)C(C)C)[nH]3)c3ncoc23)c2c1C1CCC2C1. The Labute approximate surface area is 356 Å². The van der Waals surface area contributed by atoms with Crippen LogP contribution < -0.4 is 16.0 Å². The van der Waals surface area contributed by atoms with Crippen molar-refractivity contribution in [1.29, 1.82) is 0 Å². The van der Waals surface area contributed by atoms with Crippen molar-refractivity contribution >= 4 is 47.8 Å². The van der Waals surface area contributed by atoms with E-state index in [1.165, 1.54) is 24.6 Å². The summed E-state index contributed by atoms with van der Waals surface area (Å²) < 4.78 is 11.0. The number of hydrogen-bond acceptors (Lipinski definition) is 10. The monoisotopic (exact) mass is 831 g/mol. The number of aromatic nitrogens is 3. The van der Waals surface area contributed by atoms with Gasteiger partial charge in [-0.15, -0.1) is 0 Å². The Hall–Kier alpha value is -5.99. The summed E-state index contributed by atoms with van der Waals surface area (Å²) in [5.41, 5.74) is 9.78. The topological polar surface area (TPSA) is 187 Å². The van der Waals surface area contributed by atoms with E-state index in [1.807, 2.05) is 37.5 Å². The van der Waals surface area contributed by atoms with Crippen LogP contribution in [0.25, 0.3) is 39.2 Å². The fourth-order valence-corrected chi connectivity index (χ4v) is 10.4. The molecule has 4 heterocycles. The Kier molecular flexibility index (Phi) is 12.0. The molecule has 2 saturated heterocycles. The number of aliphatic imine (C=N–C) groups is 1. The van der Waals surface area contributed by atoms with Gasteiger partial charge in [-0.1, -0.05) is 39.8 Å². The summed E-state index contributed by atoms with van der Waals surface area (Å²) in [6, 6.07) is 6.98. The third-order valence-corrected chi connectivity index (χ3v) is 13.3. The number of nitrogens with zero attached hydrogens (tertiary/aromatic N) is 5. The Morgan fingerprint density at radius 2 is 1.64 bits per heavy atom. The Bertz CT molecular complexity index is 2350. The molecule has 2 aromatic carbocycles. The van der Waals surface area contributed by atoms with Gasteiger partial charge in [-0.3, -0.25) is 19.4 Å². The van der Waals surface area contributed by atoms with Gasteiger partial charge in [0.2, 0.25) is 18.2 Å². The van der Waals surface area contributed by atoms with Gasteiger partial charge in [-0.25, -0.2) is 14.8 Å². The number of hydrogen-bond donors (Lipinski definition) is 4. The summed E-state index contributed by atoms with van der Waals surface area (Å²) in [6.45, 7) is 13.3. The quantitative estimate of drug-likeness (QED) is 0.0752. The molecule has 0 radical (unpaired) electrons. The van der Waals surface area contributed by atoms with Crippen molar-refractivity contribution < 1.29 is 28.3 Å². The van der Waals surface area contributed by atoms with Crippen LogP contribution in [0.1, 0.15) is 113 Å². The average molecular weight is 832 g/mol. The number of nitrogens with one attached hydrogen (secondary N) is 4. The minimum Gasteiger partial charge on any atom is -0.453 e. The predicted molar refractivity (Wildman–Crippen MR) is 232 cm³/mol. The van der Waals surface area contributed by atoms with E-state index in [1.54, 1.807) is 12.4 Å². The molecule has 322 valence electrons. The zero-order valence-electron chi connectivity index (χ0n) is 35.7. The van der Waals surface area contributed by atoms with Crippen LogP contribution in [-0.4, -0.2) is 101 Å². The second kappa shape index (κ2) is 17.5. The van der Waals surface area contributed by atoms with Crippen LogP contribution in [0.2, 0.25) is 0 Å². The van der Waals surface area contributed by atoms with Crippen molar-refractivity contribution in [2.24, 2.45) is 16.8 Å². The Morgan fingerprint density at radius 1 is 0.934 bits per heavy atom. The minimum atomic E-state index is -0.678. The van der Waals surface area contributed by atoms with Gasteiger partial charge in [0.05, 0.1) is 30.7 Å². The second-order valence-electron chi connectivity index (χ2n) is 17.6. The van der Waals surface area contributed by atoms with Gasteiger partial charge in [0.15, 0.2) is 12.0 Å². The van der Waals surface area contributed by atoms with Crippen LogP contribution in [0.15, 0.2) is 52.5 Å². The van der Waals surface area contributed by atoms with E-state index in [2.05, 4.69) is 56.9 Å². The zero-order chi connectivity index (χ0) is 42.9. The number of methoxy groups -OCH3 is 1. The highest BCUT2D eigenvalue weighted by molar-refractivity contribution is 6.00. The Balaban J connectivity index is 1.06. The summed E-state index contributed by atoms with van der Waals surface area (Å²) in [4.78, 5) is 71.7. The van der Waals surface area contributed by atoms with E-state index >= 15 is 0 Å². The molecule has 2 aromatic heterocycles. The number of carbonyl (C=O) groups is 4. The third-order valence-electron chi connectivity index (χ3n) is 13.3. The smallest absolute Gasteiger partial charge is 0.407 e. The molecule has 15 nitrogen and oxygen atoms in total. The van der Waals surface area contributed by atoms with Crippen LogP contribution in [-0.2, 0) is 19.1 Å². The molecule has 2 aliphatic heterocycles. The molecule has 2 bridgehead atoms. The van der Waals surface area contributed by atoms with E-state index in [0.29, 0.717) is 49.3 Å². The molecule has 2 aliphatic carbocycles. The lowest BCUT2D eigenvalue weighted by Crippen LogP contribution is -2.53. The Morgan fingerprint density at radius 3 is 2.38 bits per heavy atom. The first kappa shape index (κ1) is 41.7. The third kappa shape index (κ3) is 7.78. The molecule has 4 N–H and O–H groups in total. The predicted octanol–water partition coefficient (Wildman–Crippen LogP) is 6.64. The number of benzene rings is 2. The van der Waals surface area contributed by atoms with E-state index in [-0.39, 0.29) is 35.7 Å². The fourth-order valence-electron chi connectivity index (χ4n) is 10.4. The highest BCUT2D eigenvalue weighted by Crippen LogP contribution is 2.58. The van der Waals surface area contributed by atoms with Crippen LogP contribution in [0, 0.1) is 11.8 Å². The molecule has 8 rings (SSSR count). The molecule has 6 atom stereocenters. The highest BCUT2D eigenvalue weighted by atomic mass is 16.5. The van der Waals surface area contributed by atoms with Gasteiger partial charge in [0, 0.05) is 48.6 Å². The summed E-state index contributed by atoms with van der Waals surface area (Å²) in [6.07, 6.45) is 11.7. The number of imidazole rings is 1. The number of fused-ring (bicyclic) bond motifs is 6. The van der Waals surface area contributed by atoms with Gasteiger partial charge < -0.3 is 39.9 Å². The number of alkyl carbamates (subject to hydrolysis) is 1. The van der Waals surface area contributed by atoms with Crippen LogP contribution in [0.5, 0.6) is 0 Å². The fraction of sp³-hybridized carbons (Fsp3) is 0.500. The van der Waals surface area contributed by atoms with Gasteiger partial charge in [0.1, 0.15) is 23.4 Å². The number of carbonyl (C=O) groups excluding carboxylic acids is 4. The molecule has 3 fully saturated rings. The molecular formula is C46H57N9O6. The summed E-state index contributed by atoms with van der Waals surface area (Å²) in [7, 11) is 1.30. The van der Waals surface area contributed by atoms with Crippen molar-refractivity contribution in [3.8, 4) is 22.4 Å². The number of amides is 4. The van der Waals surface area contributed by atoms with Gasteiger partial charge >= 0.3 is 6.09 Å². The maximum Gasteiger partial charge on any atom is 0.407 e. The van der Waals surface area contributed by atoms with Crippen molar-refractivity contribution in [2.45, 2.75) is 109 Å². The maximum atomic E-state index is 13.8. The van der Waals surface area contributed by atoms with Crippen molar-refractivity contribution in [2.75, 3.05) is 26.7 Å². The molecular weight excluding hydrogens is 775 g/mol. The molecule has 0 spiro atoms. The lowest BCUT2D eigenvalue weighted by molar-refractivity contribution is -0.137. The number of rotatable bonds is 15. The zero-order valence-corrected chi connectivity index (χ0v) is 35.7. The van der Waals surface area contributed by atoms with Crippen LogP contribution >= 0.6 is 0 Å². The average Bonchev–Trinajstić information content (AvgIpc) is 4.12.